The van der Waals surface area contributed by atoms with E-state index in [1.54, 1.807) is 0 Å². The summed E-state index contributed by atoms with van der Waals surface area (Å²) >= 11 is 0. The summed E-state index contributed by atoms with van der Waals surface area (Å²) in [5.74, 6) is 2.10. The molecule has 0 bridgehead atoms. The summed E-state index contributed by atoms with van der Waals surface area (Å²) in [6.45, 7) is 5.33. The number of rotatable bonds is 2. The number of likely N-dealkylation sites (N-methyl/N-ethyl adjacent to an activating group) is 1. The van der Waals surface area contributed by atoms with Gasteiger partial charge in [-0.1, -0.05) is 0 Å². The molecule has 1 aromatic rings. The minimum absolute atomic E-state index is 0.541. The monoisotopic (exact) mass is 194 g/mol. The lowest BCUT2D eigenvalue weighted by atomic mass is 10.1. The molecule has 3 heteroatoms. The highest BCUT2D eigenvalue weighted by Crippen LogP contribution is 2.10. The minimum atomic E-state index is 0.541. The molecule has 14 heavy (non-hydrogen) atoms. The van der Waals surface area contributed by atoms with Gasteiger partial charge in [-0.3, -0.25) is 0 Å². The van der Waals surface area contributed by atoms with Gasteiger partial charge in [-0.2, -0.15) is 0 Å². The van der Waals surface area contributed by atoms with Gasteiger partial charge in [0.05, 0.1) is 0 Å². The van der Waals surface area contributed by atoms with E-state index in [2.05, 4.69) is 23.3 Å². The second-order valence-corrected chi connectivity index (χ2v) is 4.13. The molecule has 0 saturated carbocycles. The summed E-state index contributed by atoms with van der Waals surface area (Å²) in [5, 5.41) is 3.51. The number of piperazine rings is 1. The Bertz CT molecular complexity index is 295. The molecule has 3 nitrogen and oxygen atoms in total. The maximum atomic E-state index is 5.56. The third-order valence-corrected chi connectivity index (χ3v) is 2.70. The summed E-state index contributed by atoms with van der Waals surface area (Å²) < 4.78 is 5.56. The van der Waals surface area contributed by atoms with Gasteiger partial charge in [-0.15, -0.1) is 0 Å². The normalized spacial score (nSPS) is 24.0. The van der Waals surface area contributed by atoms with Crippen LogP contribution in [0.4, 0.5) is 0 Å². The van der Waals surface area contributed by atoms with Crippen LogP contribution in [-0.2, 0) is 6.42 Å². The van der Waals surface area contributed by atoms with Crippen molar-refractivity contribution in [3.05, 3.63) is 23.7 Å². The molecule has 0 spiro atoms. The van der Waals surface area contributed by atoms with Gasteiger partial charge in [-0.25, -0.2) is 0 Å². The van der Waals surface area contributed by atoms with Crippen LogP contribution in [-0.4, -0.2) is 37.6 Å². The van der Waals surface area contributed by atoms with Crippen LogP contribution in [0.5, 0.6) is 0 Å². The largest absolute Gasteiger partial charge is 0.466 e. The van der Waals surface area contributed by atoms with Gasteiger partial charge in [0, 0.05) is 32.1 Å². The van der Waals surface area contributed by atoms with Crippen molar-refractivity contribution in [1.82, 2.24) is 10.2 Å². The molecule has 1 N–H and O–H groups in total. The Morgan fingerprint density at radius 1 is 1.57 bits per heavy atom. The second kappa shape index (κ2) is 4.15. The molecular weight excluding hydrogens is 176 g/mol. The van der Waals surface area contributed by atoms with Crippen molar-refractivity contribution in [2.45, 2.75) is 19.4 Å². The summed E-state index contributed by atoms with van der Waals surface area (Å²) in [6.07, 6.45) is 0.998. The van der Waals surface area contributed by atoms with E-state index in [0.717, 1.165) is 37.6 Å². The minimum Gasteiger partial charge on any atom is -0.466 e. The molecule has 0 aromatic carbocycles. The van der Waals surface area contributed by atoms with E-state index in [1.165, 1.54) is 0 Å². The van der Waals surface area contributed by atoms with E-state index in [-0.39, 0.29) is 0 Å². The predicted molar refractivity (Wildman–Crippen MR) is 56.4 cm³/mol. The van der Waals surface area contributed by atoms with Crippen LogP contribution in [0.25, 0.3) is 0 Å². The Morgan fingerprint density at radius 2 is 2.43 bits per heavy atom. The number of nitrogens with one attached hydrogen (secondary N) is 1. The maximum Gasteiger partial charge on any atom is 0.105 e. The molecule has 1 saturated heterocycles. The van der Waals surface area contributed by atoms with E-state index in [9.17, 15) is 0 Å². The standard InChI is InChI=1S/C11H18N2O/c1-9-3-4-11(14-9)7-10-8-13(2)6-5-12-10/h3-4,10,12H,5-8H2,1-2H3. The molecule has 1 aliphatic heterocycles. The van der Waals surface area contributed by atoms with Gasteiger partial charge in [0.25, 0.3) is 0 Å². The number of aryl methyl sites for hydroxylation is 1. The SMILES string of the molecule is Cc1ccc(CC2CN(C)CCN2)o1. The molecular formula is C11H18N2O. The maximum absolute atomic E-state index is 5.56. The Hall–Kier alpha value is -0.800. The molecule has 1 unspecified atom stereocenters. The first-order valence-electron chi connectivity index (χ1n) is 5.21. The quantitative estimate of drug-likeness (QED) is 0.762. The first-order chi connectivity index (χ1) is 6.74. The average molecular weight is 194 g/mol. The predicted octanol–water partition coefficient (Wildman–Crippen LogP) is 1.03. The van der Waals surface area contributed by atoms with Gasteiger partial charge >= 0.3 is 0 Å². The van der Waals surface area contributed by atoms with Crippen molar-refractivity contribution in [3.63, 3.8) is 0 Å². The Labute approximate surface area is 85.1 Å². The van der Waals surface area contributed by atoms with E-state index in [1.807, 2.05) is 13.0 Å². The van der Waals surface area contributed by atoms with Gasteiger partial charge in [0.2, 0.25) is 0 Å². The van der Waals surface area contributed by atoms with Crippen molar-refractivity contribution in [1.29, 1.82) is 0 Å². The highest BCUT2D eigenvalue weighted by molar-refractivity contribution is 5.07. The fraction of sp³-hybridized carbons (Fsp3) is 0.636. The molecule has 0 radical (unpaired) electrons. The third kappa shape index (κ3) is 2.36. The van der Waals surface area contributed by atoms with E-state index < -0.39 is 0 Å². The number of nitrogens with zero attached hydrogens (tertiary/aromatic N) is 1. The molecule has 1 aromatic heterocycles. The summed E-state index contributed by atoms with van der Waals surface area (Å²) in [4.78, 5) is 2.36. The lowest BCUT2D eigenvalue weighted by Gasteiger charge is -2.30. The number of hydrogen-bond acceptors (Lipinski definition) is 3. The lowest BCUT2D eigenvalue weighted by molar-refractivity contribution is 0.232. The van der Waals surface area contributed by atoms with Crippen LogP contribution in [0.15, 0.2) is 16.5 Å². The summed E-state index contributed by atoms with van der Waals surface area (Å²) in [5.41, 5.74) is 0. The zero-order chi connectivity index (χ0) is 9.97. The van der Waals surface area contributed by atoms with Crippen LogP contribution in [0.1, 0.15) is 11.5 Å². The molecule has 0 aliphatic carbocycles. The first-order valence-corrected chi connectivity index (χ1v) is 5.21. The fourth-order valence-corrected chi connectivity index (χ4v) is 1.97. The van der Waals surface area contributed by atoms with Crippen molar-refractivity contribution < 1.29 is 4.42 Å². The van der Waals surface area contributed by atoms with E-state index >= 15 is 0 Å². The van der Waals surface area contributed by atoms with Crippen molar-refractivity contribution in [2.24, 2.45) is 0 Å². The Balaban J connectivity index is 1.90. The highest BCUT2D eigenvalue weighted by Gasteiger charge is 2.17. The Morgan fingerprint density at radius 3 is 3.07 bits per heavy atom. The number of furan rings is 1. The average Bonchev–Trinajstić information content (AvgIpc) is 2.51. The molecule has 1 aliphatic rings. The second-order valence-electron chi connectivity index (χ2n) is 4.13. The smallest absolute Gasteiger partial charge is 0.105 e. The van der Waals surface area contributed by atoms with Gasteiger partial charge in [0.15, 0.2) is 0 Å². The molecule has 1 atom stereocenters. The highest BCUT2D eigenvalue weighted by atomic mass is 16.3. The van der Waals surface area contributed by atoms with Crippen LogP contribution < -0.4 is 5.32 Å². The van der Waals surface area contributed by atoms with Gasteiger partial charge in [0.1, 0.15) is 11.5 Å². The Kier molecular flexibility index (Phi) is 2.89. The lowest BCUT2D eigenvalue weighted by Crippen LogP contribution is -2.49. The van der Waals surface area contributed by atoms with Crippen molar-refractivity contribution in [2.75, 3.05) is 26.7 Å². The van der Waals surface area contributed by atoms with Gasteiger partial charge in [-0.05, 0) is 26.1 Å². The molecule has 0 amide bonds. The molecule has 2 heterocycles. The molecule has 2 rings (SSSR count). The topological polar surface area (TPSA) is 28.4 Å². The summed E-state index contributed by atoms with van der Waals surface area (Å²) in [6, 6.07) is 4.65. The van der Waals surface area contributed by atoms with Crippen LogP contribution in [0.3, 0.4) is 0 Å². The third-order valence-electron chi connectivity index (χ3n) is 2.70. The first kappa shape index (κ1) is 9.74. The zero-order valence-electron chi connectivity index (χ0n) is 8.92. The fourth-order valence-electron chi connectivity index (χ4n) is 1.97. The number of hydrogen-bond donors (Lipinski definition) is 1. The van der Waals surface area contributed by atoms with E-state index in [0.29, 0.717) is 6.04 Å². The van der Waals surface area contributed by atoms with Crippen LogP contribution >= 0.6 is 0 Å². The van der Waals surface area contributed by atoms with Crippen LogP contribution in [0, 0.1) is 6.92 Å². The van der Waals surface area contributed by atoms with E-state index in [4.69, 9.17) is 4.42 Å². The molecule has 78 valence electrons. The van der Waals surface area contributed by atoms with Crippen LogP contribution in [0.2, 0.25) is 0 Å². The van der Waals surface area contributed by atoms with Gasteiger partial charge < -0.3 is 14.6 Å². The summed E-state index contributed by atoms with van der Waals surface area (Å²) in [7, 11) is 2.17. The molecule has 1 fully saturated rings. The zero-order valence-corrected chi connectivity index (χ0v) is 8.92. The van der Waals surface area contributed by atoms with Crippen molar-refractivity contribution >= 4 is 0 Å². The van der Waals surface area contributed by atoms with Crippen molar-refractivity contribution in [3.8, 4) is 0 Å².